The quantitative estimate of drug-likeness (QED) is 0.191. The number of nitrogens with one attached hydrogen (secondary N) is 1. The number of fused-ring (bicyclic) bond motifs is 6. The largest absolute Gasteiger partial charge is 0.454 e. The molecular weight excluding hydrogens is 633 g/mol. The average molecular weight is 667 g/mol. The lowest BCUT2D eigenvalue weighted by Crippen LogP contribution is -1.95. The van der Waals surface area contributed by atoms with Crippen LogP contribution in [0.15, 0.2) is 186 Å². The molecule has 0 radical (unpaired) electrons. The fourth-order valence-electron chi connectivity index (χ4n) is 7.81. The lowest BCUT2D eigenvalue weighted by molar-refractivity contribution is 0.666. The number of hydrogen-bond donors (Lipinski definition) is 1. The Morgan fingerprint density at radius 1 is 0.442 bits per heavy atom. The number of benzene rings is 8. The van der Waals surface area contributed by atoms with Gasteiger partial charge < -0.3 is 14.3 Å². The first-order valence-corrected chi connectivity index (χ1v) is 17.8. The van der Waals surface area contributed by atoms with E-state index in [4.69, 9.17) is 4.42 Å². The summed E-state index contributed by atoms with van der Waals surface area (Å²) in [4.78, 5) is 0. The highest BCUT2D eigenvalue weighted by molar-refractivity contribution is 6.13. The number of hydrogen-bond acceptors (Lipinski definition) is 2. The summed E-state index contributed by atoms with van der Waals surface area (Å²) in [7, 11) is 0. The molecule has 8 aromatic carbocycles. The van der Waals surface area contributed by atoms with Crippen LogP contribution in [-0.4, -0.2) is 4.57 Å². The van der Waals surface area contributed by atoms with Crippen molar-refractivity contribution in [2.24, 2.45) is 0 Å². The molecule has 0 aliphatic heterocycles. The molecule has 0 saturated carbocycles. The van der Waals surface area contributed by atoms with Crippen LogP contribution in [0.1, 0.15) is 5.56 Å². The molecule has 0 fully saturated rings. The number of para-hydroxylation sites is 4. The fourth-order valence-corrected chi connectivity index (χ4v) is 7.81. The zero-order valence-corrected chi connectivity index (χ0v) is 28.7. The Bertz CT molecular complexity index is 2890. The second kappa shape index (κ2) is 12.2. The van der Waals surface area contributed by atoms with Gasteiger partial charge in [0.05, 0.1) is 16.7 Å². The van der Waals surface area contributed by atoms with E-state index < -0.39 is 0 Å². The molecule has 0 saturated heterocycles. The van der Waals surface area contributed by atoms with Crippen molar-refractivity contribution < 1.29 is 4.42 Å². The molecular formula is C49H34N2O. The van der Waals surface area contributed by atoms with Crippen LogP contribution >= 0.6 is 0 Å². The first-order valence-electron chi connectivity index (χ1n) is 17.8. The van der Waals surface area contributed by atoms with E-state index in [2.05, 4.69) is 193 Å². The van der Waals surface area contributed by atoms with Gasteiger partial charge in [-0.05, 0) is 101 Å². The molecule has 0 amide bonds. The molecule has 10 aromatic rings. The first kappa shape index (κ1) is 30.0. The number of aromatic nitrogens is 1. The molecule has 2 heterocycles. The zero-order chi connectivity index (χ0) is 34.6. The minimum atomic E-state index is 0.882. The fraction of sp³-hybridized carbons (Fsp3) is 0.0204. The van der Waals surface area contributed by atoms with E-state index in [0.717, 1.165) is 50.1 Å². The SMILES string of the molecule is Cc1ccccc1-c1cc(-c2cccc(-c3ccc4oc5c(-n6c7ccccc7c7ccccc76)cccc5c4c3)c2)ccc1Nc1ccccc1. The van der Waals surface area contributed by atoms with Crippen LogP contribution in [0.2, 0.25) is 0 Å². The first-order chi connectivity index (χ1) is 25.7. The summed E-state index contributed by atoms with van der Waals surface area (Å²) in [5.74, 6) is 0. The third-order valence-corrected chi connectivity index (χ3v) is 10.3. The minimum absolute atomic E-state index is 0.882. The maximum absolute atomic E-state index is 6.68. The Kier molecular flexibility index (Phi) is 7.04. The molecule has 3 nitrogen and oxygen atoms in total. The molecule has 52 heavy (non-hydrogen) atoms. The Morgan fingerprint density at radius 2 is 1.06 bits per heavy atom. The molecule has 10 rings (SSSR count). The van der Waals surface area contributed by atoms with Gasteiger partial charge >= 0.3 is 0 Å². The highest BCUT2D eigenvalue weighted by atomic mass is 16.3. The second-order valence-corrected chi connectivity index (χ2v) is 13.5. The lowest BCUT2D eigenvalue weighted by Gasteiger charge is -2.16. The van der Waals surface area contributed by atoms with Crippen LogP contribution in [0, 0.1) is 6.92 Å². The van der Waals surface area contributed by atoms with E-state index in [1.807, 2.05) is 6.07 Å². The summed E-state index contributed by atoms with van der Waals surface area (Å²) in [6.07, 6.45) is 0. The maximum Gasteiger partial charge on any atom is 0.159 e. The molecule has 0 aliphatic rings. The van der Waals surface area contributed by atoms with Crippen molar-refractivity contribution in [3.8, 4) is 39.1 Å². The summed E-state index contributed by atoms with van der Waals surface area (Å²) < 4.78 is 9.02. The Morgan fingerprint density at radius 3 is 1.83 bits per heavy atom. The summed E-state index contributed by atoms with van der Waals surface area (Å²) in [5.41, 5.74) is 15.6. The normalized spacial score (nSPS) is 11.6. The molecule has 0 atom stereocenters. The van der Waals surface area contributed by atoms with Crippen molar-refractivity contribution in [3.63, 3.8) is 0 Å². The van der Waals surface area contributed by atoms with E-state index in [9.17, 15) is 0 Å². The molecule has 0 unspecified atom stereocenters. The molecule has 246 valence electrons. The minimum Gasteiger partial charge on any atom is -0.454 e. The number of aryl methyl sites for hydroxylation is 1. The average Bonchev–Trinajstić information content (AvgIpc) is 3.74. The second-order valence-electron chi connectivity index (χ2n) is 13.5. The molecule has 0 spiro atoms. The number of furan rings is 1. The zero-order valence-electron chi connectivity index (χ0n) is 28.7. The van der Waals surface area contributed by atoms with Gasteiger partial charge in [-0.2, -0.15) is 0 Å². The number of nitrogens with zero attached hydrogens (tertiary/aromatic N) is 1. The molecule has 3 heteroatoms. The maximum atomic E-state index is 6.68. The van der Waals surface area contributed by atoms with Crippen LogP contribution in [0.25, 0.3) is 82.8 Å². The monoisotopic (exact) mass is 666 g/mol. The van der Waals surface area contributed by atoms with Gasteiger partial charge in [-0.25, -0.2) is 0 Å². The molecule has 0 bridgehead atoms. The smallest absolute Gasteiger partial charge is 0.159 e. The van der Waals surface area contributed by atoms with Gasteiger partial charge in [0, 0.05) is 38.5 Å². The van der Waals surface area contributed by atoms with Crippen molar-refractivity contribution in [2.45, 2.75) is 6.92 Å². The highest BCUT2D eigenvalue weighted by Gasteiger charge is 2.18. The van der Waals surface area contributed by atoms with Gasteiger partial charge in [0.25, 0.3) is 0 Å². The van der Waals surface area contributed by atoms with Gasteiger partial charge in [0.2, 0.25) is 0 Å². The van der Waals surface area contributed by atoms with E-state index in [1.165, 1.54) is 49.6 Å². The van der Waals surface area contributed by atoms with Crippen LogP contribution in [-0.2, 0) is 0 Å². The van der Waals surface area contributed by atoms with Crippen LogP contribution in [0.3, 0.4) is 0 Å². The summed E-state index contributed by atoms with van der Waals surface area (Å²) in [6, 6.07) is 64.8. The predicted octanol–water partition coefficient (Wildman–Crippen LogP) is 13.7. The lowest BCUT2D eigenvalue weighted by atomic mass is 9.93. The van der Waals surface area contributed by atoms with Gasteiger partial charge in [-0.3, -0.25) is 0 Å². The molecule has 0 aliphatic carbocycles. The van der Waals surface area contributed by atoms with Crippen molar-refractivity contribution in [3.05, 3.63) is 188 Å². The van der Waals surface area contributed by atoms with E-state index >= 15 is 0 Å². The van der Waals surface area contributed by atoms with Crippen LogP contribution in [0.4, 0.5) is 11.4 Å². The molecule has 2 aromatic heterocycles. The topological polar surface area (TPSA) is 30.1 Å². The number of anilines is 2. The van der Waals surface area contributed by atoms with Gasteiger partial charge in [0.15, 0.2) is 5.58 Å². The van der Waals surface area contributed by atoms with Gasteiger partial charge in [0.1, 0.15) is 5.58 Å². The van der Waals surface area contributed by atoms with E-state index in [1.54, 1.807) is 0 Å². The van der Waals surface area contributed by atoms with Gasteiger partial charge in [-0.1, -0.05) is 121 Å². The van der Waals surface area contributed by atoms with E-state index in [-0.39, 0.29) is 0 Å². The van der Waals surface area contributed by atoms with Gasteiger partial charge in [-0.15, -0.1) is 0 Å². The Balaban J connectivity index is 1.07. The standard InChI is InChI=1S/C49H34N2O/c1-32-13-5-6-18-38(32)42-30-35(25-27-44(42)50-37-16-3-2-4-17-37)33-14-11-15-34(29-33)36-26-28-48-43(31-36)41-21-12-24-47(49(41)52-48)51-45-22-9-7-19-39(45)40-20-8-10-23-46(40)51/h2-31,50H,1H3. The van der Waals surface area contributed by atoms with Crippen molar-refractivity contribution in [1.29, 1.82) is 0 Å². The third-order valence-electron chi connectivity index (χ3n) is 10.3. The number of rotatable bonds is 6. The predicted molar refractivity (Wildman–Crippen MR) is 219 cm³/mol. The van der Waals surface area contributed by atoms with Crippen molar-refractivity contribution in [2.75, 3.05) is 5.32 Å². The Labute approximate surface area is 302 Å². The van der Waals surface area contributed by atoms with Crippen LogP contribution in [0.5, 0.6) is 0 Å². The van der Waals surface area contributed by atoms with Crippen molar-refractivity contribution in [1.82, 2.24) is 4.57 Å². The molecule has 1 N–H and O–H groups in total. The van der Waals surface area contributed by atoms with Crippen molar-refractivity contribution >= 4 is 55.1 Å². The van der Waals surface area contributed by atoms with E-state index in [0.29, 0.717) is 0 Å². The highest BCUT2D eigenvalue weighted by Crippen LogP contribution is 2.40. The Hall–Kier alpha value is -6.84. The summed E-state index contributed by atoms with van der Waals surface area (Å²) >= 11 is 0. The third kappa shape index (κ3) is 4.98. The summed E-state index contributed by atoms with van der Waals surface area (Å²) in [5, 5.41) is 8.36. The van der Waals surface area contributed by atoms with Crippen LogP contribution < -0.4 is 5.32 Å². The summed E-state index contributed by atoms with van der Waals surface area (Å²) in [6.45, 7) is 2.18.